The molecule has 1 aromatic rings. The molecule has 0 N–H and O–H groups in total. The summed E-state index contributed by atoms with van der Waals surface area (Å²) < 4.78 is 0. The zero-order valence-electron chi connectivity index (χ0n) is 16.6. The van der Waals surface area contributed by atoms with E-state index in [2.05, 4.69) is 81.6 Å². The van der Waals surface area contributed by atoms with Crippen LogP contribution in [0.3, 0.4) is 0 Å². The van der Waals surface area contributed by atoms with Crippen LogP contribution < -0.4 is 0 Å². The van der Waals surface area contributed by atoms with Crippen molar-refractivity contribution in [3.63, 3.8) is 0 Å². The van der Waals surface area contributed by atoms with Crippen molar-refractivity contribution in [1.29, 1.82) is 0 Å². The van der Waals surface area contributed by atoms with Gasteiger partial charge in [-0.3, -0.25) is 0 Å². The topological polar surface area (TPSA) is 0 Å². The van der Waals surface area contributed by atoms with Crippen LogP contribution in [0.5, 0.6) is 0 Å². The van der Waals surface area contributed by atoms with E-state index in [1.165, 1.54) is 44.1 Å². The molecule has 0 saturated carbocycles. The van der Waals surface area contributed by atoms with E-state index in [4.69, 9.17) is 0 Å². The van der Waals surface area contributed by atoms with Gasteiger partial charge < -0.3 is 0 Å². The quantitative estimate of drug-likeness (QED) is 0.376. The highest BCUT2D eigenvalue weighted by Crippen LogP contribution is 2.42. The van der Waals surface area contributed by atoms with Crippen molar-refractivity contribution in [3.8, 4) is 0 Å². The van der Waals surface area contributed by atoms with E-state index in [0.717, 1.165) is 5.57 Å². The molecule has 0 aromatic heterocycles. The van der Waals surface area contributed by atoms with Gasteiger partial charge in [-0.05, 0) is 50.7 Å². The zero-order chi connectivity index (χ0) is 18.7. The van der Waals surface area contributed by atoms with Gasteiger partial charge in [-0.1, -0.05) is 87.4 Å². The molecule has 0 nitrogen and oxygen atoms in total. The number of benzene rings is 1. The van der Waals surface area contributed by atoms with Crippen LogP contribution in [0.15, 0.2) is 66.3 Å². The van der Waals surface area contributed by atoms with E-state index in [0.29, 0.717) is 5.25 Å². The van der Waals surface area contributed by atoms with Crippen LogP contribution in [0.1, 0.15) is 71.8 Å². The fourth-order valence-electron chi connectivity index (χ4n) is 3.24. The second-order valence-corrected chi connectivity index (χ2v) is 7.84. The third-order valence-corrected chi connectivity index (χ3v) is 5.59. The van der Waals surface area contributed by atoms with Gasteiger partial charge in [0.25, 0.3) is 0 Å². The number of hydrogen-bond donors (Lipinski definition) is 1. The minimum Gasteiger partial charge on any atom is -0.172 e. The molecule has 0 aliphatic heterocycles. The largest absolute Gasteiger partial charge is 0.172 e. The first kappa shape index (κ1) is 21.8. The summed E-state index contributed by atoms with van der Waals surface area (Å²) in [5.41, 5.74) is 4.39. The molecular weight excluding hydrogens is 320 g/mol. The fourth-order valence-corrected chi connectivity index (χ4v) is 3.24. The Bertz CT molecular complexity index is 565. The summed E-state index contributed by atoms with van der Waals surface area (Å²) >= 11 is 4.09. The van der Waals surface area contributed by atoms with Crippen LogP contribution in [0.25, 0.3) is 0 Å². The van der Waals surface area contributed by atoms with Crippen LogP contribution >= 0.6 is 12.6 Å². The maximum Gasteiger partial charge on any atom is 0.0197 e. The van der Waals surface area contributed by atoms with Gasteiger partial charge in [-0.2, -0.15) is 12.6 Å². The highest BCUT2D eigenvalue weighted by molar-refractivity contribution is 7.81. The van der Waals surface area contributed by atoms with Gasteiger partial charge in [0.15, 0.2) is 0 Å². The van der Waals surface area contributed by atoms with Crippen LogP contribution in [0, 0.1) is 0 Å². The molecule has 0 spiro atoms. The van der Waals surface area contributed by atoms with E-state index in [1.54, 1.807) is 5.57 Å². The lowest BCUT2D eigenvalue weighted by Crippen LogP contribution is -2.28. The number of allylic oxidation sites excluding steroid dienone is 4. The second-order valence-electron chi connectivity index (χ2n) is 7.07. The van der Waals surface area contributed by atoms with Crippen molar-refractivity contribution in [1.82, 2.24) is 0 Å². The zero-order valence-corrected chi connectivity index (χ0v) is 17.5. The van der Waals surface area contributed by atoms with Crippen molar-refractivity contribution in [2.45, 2.75) is 76.9 Å². The number of rotatable bonds is 7. The lowest BCUT2D eigenvalue weighted by molar-refractivity contribution is 0.434. The Morgan fingerprint density at radius 1 is 1.20 bits per heavy atom. The lowest BCUT2D eigenvalue weighted by Gasteiger charge is -2.36. The lowest BCUT2D eigenvalue weighted by atomic mass is 9.67. The predicted molar refractivity (Wildman–Crippen MR) is 118 cm³/mol. The maximum atomic E-state index is 4.09. The molecular formula is C24H36S. The van der Waals surface area contributed by atoms with Crippen molar-refractivity contribution in [2.24, 2.45) is 0 Å². The van der Waals surface area contributed by atoms with Crippen LogP contribution in [0.4, 0.5) is 0 Å². The van der Waals surface area contributed by atoms with Gasteiger partial charge in [0, 0.05) is 10.7 Å². The average Bonchev–Trinajstić information content (AvgIpc) is 2.65. The fraction of sp³-hybridized carbons (Fsp3) is 0.500. The molecule has 2 atom stereocenters. The molecule has 1 unspecified atom stereocenters. The van der Waals surface area contributed by atoms with Gasteiger partial charge in [0.1, 0.15) is 0 Å². The highest BCUT2D eigenvalue weighted by Gasteiger charge is 2.32. The van der Waals surface area contributed by atoms with Crippen molar-refractivity contribution in [3.05, 3.63) is 71.8 Å². The molecule has 0 fully saturated rings. The molecule has 0 radical (unpaired) electrons. The molecule has 0 amide bonds. The Morgan fingerprint density at radius 2 is 1.84 bits per heavy atom. The van der Waals surface area contributed by atoms with Crippen LogP contribution in [-0.4, -0.2) is 5.25 Å². The Labute approximate surface area is 161 Å². The molecule has 1 aromatic carbocycles. The summed E-state index contributed by atoms with van der Waals surface area (Å²) in [7, 11) is 0. The van der Waals surface area contributed by atoms with Crippen molar-refractivity contribution in [2.75, 3.05) is 0 Å². The molecule has 0 heterocycles. The van der Waals surface area contributed by atoms with Gasteiger partial charge in [0.2, 0.25) is 0 Å². The number of unbranched alkanes of at least 4 members (excludes halogenated alkanes) is 1. The molecule has 1 aliphatic carbocycles. The molecule has 0 saturated heterocycles. The van der Waals surface area contributed by atoms with Crippen molar-refractivity contribution >= 4 is 12.6 Å². The van der Waals surface area contributed by atoms with E-state index in [-0.39, 0.29) is 5.41 Å². The van der Waals surface area contributed by atoms with E-state index < -0.39 is 0 Å². The first-order valence-corrected chi connectivity index (χ1v) is 10.3. The first-order valence-electron chi connectivity index (χ1n) is 9.74. The summed E-state index contributed by atoms with van der Waals surface area (Å²) in [5, 5.41) is 0.352. The Hall–Kier alpha value is -1.21. The predicted octanol–water partition coefficient (Wildman–Crippen LogP) is 7.68. The Kier molecular flexibility index (Phi) is 9.97. The summed E-state index contributed by atoms with van der Waals surface area (Å²) in [6, 6.07) is 11.1. The highest BCUT2D eigenvalue weighted by atomic mass is 32.1. The van der Waals surface area contributed by atoms with Crippen LogP contribution in [0.2, 0.25) is 0 Å². The minimum absolute atomic E-state index is 0.230. The van der Waals surface area contributed by atoms with Gasteiger partial charge in [-0.25, -0.2) is 0 Å². The van der Waals surface area contributed by atoms with Crippen molar-refractivity contribution < 1.29 is 0 Å². The van der Waals surface area contributed by atoms with E-state index in [1.807, 2.05) is 13.8 Å². The monoisotopic (exact) mass is 356 g/mol. The SMILES string of the molecule is C=C(C)[C@H](C)S.CCCCC(CC)(C1=CCCC=C1)c1ccccc1. The molecule has 1 aliphatic rings. The summed E-state index contributed by atoms with van der Waals surface area (Å²) in [6.45, 7) is 12.3. The van der Waals surface area contributed by atoms with E-state index in [9.17, 15) is 0 Å². The number of hydrogen-bond acceptors (Lipinski definition) is 1. The molecule has 25 heavy (non-hydrogen) atoms. The summed E-state index contributed by atoms with van der Waals surface area (Å²) in [5.74, 6) is 0. The third-order valence-electron chi connectivity index (χ3n) is 5.15. The third kappa shape index (κ3) is 6.55. The molecule has 2 rings (SSSR count). The Morgan fingerprint density at radius 3 is 2.28 bits per heavy atom. The smallest absolute Gasteiger partial charge is 0.0197 e. The summed E-state index contributed by atoms with van der Waals surface area (Å²) in [4.78, 5) is 0. The summed E-state index contributed by atoms with van der Waals surface area (Å²) in [6.07, 6.45) is 14.6. The van der Waals surface area contributed by atoms with Gasteiger partial charge in [0.05, 0.1) is 0 Å². The van der Waals surface area contributed by atoms with Crippen LogP contribution in [-0.2, 0) is 5.41 Å². The molecule has 138 valence electrons. The normalized spacial score (nSPS) is 16.9. The first-order chi connectivity index (χ1) is 12.0. The average molecular weight is 357 g/mol. The Balaban J connectivity index is 0.000000450. The molecule has 1 heteroatoms. The van der Waals surface area contributed by atoms with Gasteiger partial charge in [-0.15, -0.1) is 0 Å². The minimum atomic E-state index is 0.230. The number of thiol groups is 1. The maximum absolute atomic E-state index is 4.09. The van der Waals surface area contributed by atoms with E-state index >= 15 is 0 Å². The van der Waals surface area contributed by atoms with Gasteiger partial charge >= 0.3 is 0 Å². The molecule has 0 bridgehead atoms. The standard InChI is InChI=1S/C19H26.C5H10S/c1-3-5-16-19(4-2,17-12-8-6-9-13-17)18-14-10-7-11-15-18;1-4(2)5(3)6/h6,8-10,12-15H,3-5,7,11,16H2,1-2H3;5-6H,1H2,2-3H3/t;5-/m.0/s1. The second kappa shape index (κ2) is 11.4.